The Balaban J connectivity index is 2.09. The summed E-state index contributed by atoms with van der Waals surface area (Å²) < 4.78 is 5.94. The van der Waals surface area contributed by atoms with Gasteiger partial charge in [-0.05, 0) is 36.2 Å². The molecule has 0 amide bonds. The molecule has 2 heterocycles. The van der Waals surface area contributed by atoms with Crippen LogP contribution in [0.2, 0.25) is 0 Å². The van der Waals surface area contributed by atoms with Crippen molar-refractivity contribution in [3.8, 4) is 0 Å². The van der Waals surface area contributed by atoms with Gasteiger partial charge in [0, 0.05) is 17.8 Å². The van der Waals surface area contributed by atoms with Crippen LogP contribution in [0.25, 0.3) is 11.0 Å². The van der Waals surface area contributed by atoms with Crippen molar-refractivity contribution in [1.82, 2.24) is 10.4 Å². The van der Waals surface area contributed by atoms with Gasteiger partial charge in [-0.3, -0.25) is 10.8 Å². The van der Waals surface area contributed by atoms with E-state index in [9.17, 15) is 0 Å². The number of rotatable bonds is 3. The number of pyridine rings is 1. The maximum Gasteiger partial charge on any atom is 0.137 e. The van der Waals surface area contributed by atoms with Gasteiger partial charge < -0.3 is 4.42 Å². The fraction of sp³-hybridized carbons (Fsp3) is 0.133. The minimum absolute atomic E-state index is 0.171. The second-order valence-corrected chi connectivity index (χ2v) is 4.52. The molecule has 0 spiro atoms. The number of hydrogen-bond acceptors (Lipinski definition) is 4. The molecule has 3 aromatic rings. The van der Waals surface area contributed by atoms with Gasteiger partial charge in [0.1, 0.15) is 17.4 Å². The first-order valence-electron chi connectivity index (χ1n) is 6.14. The first kappa shape index (κ1) is 11.9. The summed E-state index contributed by atoms with van der Waals surface area (Å²) in [4.78, 5) is 4.01. The molecular formula is C15H15N3O. The van der Waals surface area contributed by atoms with Crippen LogP contribution in [0.3, 0.4) is 0 Å². The van der Waals surface area contributed by atoms with Crippen LogP contribution in [0.4, 0.5) is 0 Å². The van der Waals surface area contributed by atoms with Gasteiger partial charge in [-0.1, -0.05) is 18.2 Å². The first-order chi connectivity index (χ1) is 9.29. The van der Waals surface area contributed by atoms with Crippen molar-refractivity contribution in [2.75, 3.05) is 0 Å². The molecule has 1 atom stereocenters. The molecule has 4 heteroatoms. The van der Waals surface area contributed by atoms with Crippen LogP contribution in [0.5, 0.6) is 0 Å². The Morgan fingerprint density at radius 2 is 2.00 bits per heavy atom. The molecule has 0 bridgehead atoms. The maximum absolute atomic E-state index is 5.94. The number of aryl methyl sites for hydroxylation is 1. The second kappa shape index (κ2) is 4.84. The molecule has 0 saturated carbocycles. The van der Waals surface area contributed by atoms with Crippen molar-refractivity contribution in [1.29, 1.82) is 0 Å². The van der Waals surface area contributed by atoms with Crippen LogP contribution < -0.4 is 11.3 Å². The van der Waals surface area contributed by atoms with Gasteiger partial charge in [-0.25, -0.2) is 5.43 Å². The molecule has 0 saturated heterocycles. The number of aromatic nitrogens is 1. The van der Waals surface area contributed by atoms with Crippen LogP contribution in [0, 0.1) is 6.92 Å². The van der Waals surface area contributed by atoms with E-state index in [4.69, 9.17) is 10.3 Å². The summed E-state index contributed by atoms with van der Waals surface area (Å²) in [6.45, 7) is 2.03. The predicted molar refractivity (Wildman–Crippen MR) is 74.4 cm³/mol. The highest BCUT2D eigenvalue weighted by Crippen LogP contribution is 2.29. The van der Waals surface area contributed by atoms with E-state index in [1.165, 1.54) is 0 Å². The molecule has 96 valence electrons. The Kier molecular flexibility index (Phi) is 3.03. The van der Waals surface area contributed by atoms with E-state index >= 15 is 0 Å². The number of hydrogen-bond donors (Lipinski definition) is 2. The quantitative estimate of drug-likeness (QED) is 0.556. The fourth-order valence-electron chi connectivity index (χ4n) is 2.27. The van der Waals surface area contributed by atoms with Gasteiger partial charge in [-0.2, -0.15) is 0 Å². The number of nitrogens with zero attached hydrogens (tertiary/aromatic N) is 1. The Labute approximate surface area is 111 Å². The molecule has 0 radical (unpaired) electrons. The zero-order valence-electron chi connectivity index (χ0n) is 10.6. The van der Waals surface area contributed by atoms with Gasteiger partial charge in [0.2, 0.25) is 0 Å². The minimum atomic E-state index is -0.171. The van der Waals surface area contributed by atoms with Crippen LogP contribution in [-0.2, 0) is 0 Å². The maximum atomic E-state index is 5.94. The molecule has 1 unspecified atom stereocenters. The lowest BCUT2D eigenvalue weighted by molar-refractivity contribution is 0.476. The number of nitrogens with one attached hydrogen (secondary N) is 1. The highest BCUT2D eigenvalue weighted by molar-refractivity contribution is 5.81. The molecular weight excluding hydrogens is 238 g/mol. The molecule has 0 aliphatic heterocycles. The van der Waals surface area contributed by atoms with Crippen molar-refractivity contribution >= 4 is 11.0 Å². The van der Waals surface area contributed by atoms with Crippen molar-refractivity contribution in [3.63, 3.8) is 0 Å². The summed E-state index contributed by atoms with van der Waals surface area (Å²) in [6.07, 6.45) is 3.49. The molecule has 3 N–H and O–H groups in total. The smallest absolute Gasteiger partial charge is 0.137 e. The van der Waals surface area contributed by atoms with Crippen LogP contribution in [0.15, 0.2) is 53.2 Å². The molecule has 4 nitrogen and oxygen atoms in total. The molecule has 0 aliphatic rings. The number of para-hydroxylation sites is 1. The molecule has 19 heavy (non-hydrogen) atoms. The van der Waals surface area contributed by atoms with E-state index in [-0.39, 0.29) is 6.04 Å². The lowest BCUT2D eigenvalue weighted by Crippen LogP contribution is -2.28. The van der Waals surface area contributed by atoms with Crippen molar-refractivity contribution in [3.05, 3.63) is 65.7 Å². The largest absolute Gasteiger partial charge is 0.459 e. The van der Waals surface area contributed by atoms with Crippen molar-refractivity contribution in [2.24, 2.45) is 5.84 Å². The fourth-order valence-corrected chi connectivity index (χ4v) is 2.27. The Morgan fingerprint density at radius 1 is 1.21 bits per heavy atom. The Bertz CT molecular complexity index is 691. The van der Waals surface area contributed by atoms with Gasteiger partial charge >= 0.3 is 0 Å². The van der Waals surface area contributed by atoms with Crippen LogP contribution in [-0.4, -0.2) is 4.98 Å². The Morgan fingerprint density at radius 3 is 2.68 bits per heavy atom. The number of benzene rings is 1. The summed E-state index contributed by atoms with van der Waals surface area (Å²) in [5, 5.41) is 1.09. The van der Waals surface area contributed by atoms with Gasteiger partial charge in [-0.15, -0.1) is 0 Å². The highest BCUT2D eigenvalue weighted by Gasteiger charge is 2.17. The summed E-state index contributed by atoms with van der Waals surface area (Å²) in [5.74, 6) is 6.47. The molecule has 3 rings (SSSR count). The molecule has 1 aromatic carbocycles. The topological polar surface area (TPSA) is 64.1 Å². The number of nitrogens with two attached hydrogens (primary N) is 1. The van der Waals surface area contributed by atoms with Crippen LogP contribution in [0.1, 0.15) is 22.9 Å². The second-order valence-electron chi connectivity index (χ2n) is 4.52. The zero-order valence-corrected chi connectivity index (χ0v) is 10.6. The van der Waals surface area contributed by atoms with Gasteiger partial charge in [0.25, 0.3) is 0 Å². The molecule has 0 fully saturated rings. The summed E-state index contributed by atoms with van der Waals surface area (Å²) >= 11 is 0. The van der Waals surface area contributed by atoms with E-state index in [1.54, 1.807) is 12.4 Å². The average molecular weight is 253 g/mol. The molecule has 0 aliphatic carbocycles. The third kappa shape index (κ3) is 2.12. The number of fused-ring (bicyclic) bond motifs is 1. The summed E-state index contributed by atoms with van der Waals surface area (Å²) in [7, 11) is 0. The standard InChI is InChI=1S/C15H15N3O/c1-10-3-2-4-12-9-13(19-15(10)12)14(18-16)11-5-7-17-8-6-11/h2-9,14,18H,16H2,1H3. The first-order valence-corrected chi connectivity index (χ1v) is 6.14. The summed E-state index contributed by atoms with van der Waals surface area (Å²) in [5.41, 5.74) is 5.84. The normalized spacial score (nSPS) is 12.7. The predicted octanol–water partition coefficient (Wildman–Crippen LogP) is 2.69. The van der Waals surface area contributed by atoms with E-state index in [0.29, 0.717) is 0 Å². The zero-order chi connectivity index (χ0) is 13.2. The third-order valence-electron chi connectivity index (χ3n) is 3.25. The average Bonchev–Trinajstić information content (AvgIpc) is 2.86. The van der Waals surface area contributed by atoms with E-state index in [0.717, 1.165) is 27.9 Å². The molecule has 2 aromatic heterocycles. The van der Waals surface area contributed by atoms with Gasteiger partial charge in [0.05, 0.1) is 0 Å². The van der Waals surface area contributed by atoms with Crippen molar-refractivity contribution in [2.45, 2.75) is 13.0 Å². The monoisotopic (exact) mass is 253 g/mol. The SMILES string of the molecule is Cc1cccc2cc(C(NN)c3ccncc3)oc12. The minimum Gasteiger partial charge on any atom is -0.459 e. The van der Waals surface area contributed by atoms with E-state index < -0.39 is 0 Å². The van der Waals surface area contributed by atoms with E-state index in [2.05, 4.69) is 10.4 Å². The highest BCUT2D eigenvalue weighted by atomic mass is 16.3. The lowest BCUT2D eigenvalue weighted by Gasteiger charge is -2.12. The summed E-state index contributed by atoms with van der Waals surface area (Å²) in [6, 6.07) is 11.8. The Hall–Kier alpha value is -2.17. The number of hydrazine groups is 1. The van der Waals surface area contributed by atoms with Crippen LogP contribution >= 0.6 is 0 Å². The van der Waals surface area contributed by atoms with E-state index in [1.807, 2.05) is 43.3 Å². The van der Waals surface area contributed by atoms with Gasteiger partial charge in [0.15, 0.2) is 0 Å². The number of furan rings is 1. The third-order valence-corrected chi connectivity index (χ3v) is 3.25. The lowest BCUT2D eigenvalue weighted by atomic mass is 10.1. The van der Waals surface area contributed by atoms with Crippen molar-refractivity contribution < 1.29 is 4.42 Å².